The number of hydrogen-bond acceptors (Lipinski definition) is 12. The minimum atomic E-state index is -0.653. The molecule has 0 aromatic heterocycles. The van der Waals surface area contributed by atoms with Crippen molar-refractivity contribution >= 4 is 36.1 Å². The Hall–Kier alpha value is -4.92. The van der Waals surface area contributed by atoms with Crippen LogP contribution in [0.25, 0.3) is 0 Å². The van der Waals surface area contributed by atoms with E-state index in [1.54, 1.807) is 35.5 Å². The van der Waals surface area contributed by atoms with Crippen molar-refractivity contribution in [1.29, 1.82) is 0 Å². The molecule has 20 heteroatoms. The van der Waals surface area contributed by atoms with Crippen LogP contribution in [0.4, 0.5) is 19.2 Å². The quantitative estimate of drug-likeness (QED) is 0.242. The number of fused-ring (bicyclic) bond motifs is 4. The number of carbonyl (C=O) groups excluding carboxylic acids is 6. The van der Waals surface area contributed by atoms with E-state index in [4.69, 9.17) is 24.0 Å². The molecule has 6 heterocycles. The number of benzene rings is 1. The number of ether oxygens (including phenoxy) is 2. The van der Waals surface area contributed by atoms with E-state index >= 15 is 0 Å². The molecule has 0 saturated carbocycles. The van der Waals surface area contributed by atoms with Gasteiger partial charge in [-0.25, -0.2) is 35.2 Å². The number of likely N-dealkylation sites (tertiary alicyclic amines) is 2. The summed E-state index contributed by atoms with van der Waals surface area (Å²) in [5.41, 5.74) is 4.76. The molecule has 59 heavy (non-hydrogen) atoms. The highest BCUT2D eigenvalue weighted by Gasteiger charge is 2.49. The van der Waals surface area contributed by atoms with Crippen LogP contribution in [0.5, 0.6) is 0 Å². The number of nitrogens with one attached hydrogen (secondary N) is 2. The number of nitrogens with zero attached hydrogens (tertiary/aromatic N) is 6. The van der Waals surface area contributed by atoms with Crippen molar-refractivity contribution in [1.82, 2.24) is 40.7 Å². The first-order chi connectivity index (χ1) is 27.9. The minimum absolute atomic E-state index is 0.0663. The van der Waals surface area contributed by atoms with Crippen LogP contribution in [-0.4, -0.2) is 158 Å². The summed E-state index contributed by atoms with van der Waals surface area (Å²) >= 11 is 0. The van der Waals surface area contributed by atoms with Crippen molar-refractivity contribution in [2.45, 2.75) is 134 Å². The summed E-state index contributed by atoms with van der Waals surface area (Å²) < 4.78 is 10.7. The van der Waals surface area contributed by atoms with E-state index < -0.39 is 47.4 Å². The number of hydrogen-bond donors (Lipinski definition) is 3. The molecule has 8 amide bonds. The molecule has 6 aliphatic heterocycles. The molecule has 3 N–H and O–H groups in total. The number of amides is 8. The van der Waals surface area contributed by atoms with Crippen molar-refractivity contribution in [3.8, 4) is 0 Å². The second kappa shape index (κ2) is 18.1. The van der Waals surface area contributed by atoms with Crippen LogP contribution >= 0.6 is 0 Å². The van der Waals surface area contributed by atoms with Gasteiger partial charge in [-0.1, -0.05) is 30.3 Å². The van der Waals surface area contributed by atoms with Gasteiger partial charge in [0.15, 0.2) is 0 Å². The summed E-state index contributed by atoms with van der Waals surface area (Å²) in [6.07, 6.45) is 1.97. The zero-order valence-corrected chi connectivity index (χ0v) is 34.7. The summed E-state index contributed by atoms with van der Waals surface area (Å²) in [4.78, 5) is 96.9. The van der Waals surface area contributed by atoms with Gasteiger partial charge in [-0.15, -0.1) is 0 Å². The molecule has 0 radical (unpaired) electrons. The van der Waals surface area contributed by atoms with Crippen LogP contribution < -0.4 is 11.0 Å². The van der Waals surface area contributed by atoms with Crippen LogP contribution in [0.1, 0.15) is 85.6 Å². The fourth-order valence-electron chi connectivity index (χ4n) is 7.76. The summed E-state index contributed by atoms with van der Waals surface area (Å²) in [5, 5.41) is 11.8. The van der Waals surface area contributed by atoms with Crippen LogP contribution in [-0.2, 0) is 40.2 Å². The average Bonchev–Trinajstić information content (AvgIpc) is 3.96. The van der Waals surface area contributed by atoms with Gasteiger partial charge in [-0.3, -0.25) is 29.3 Å². The number of piperidine rings is 2. The van der Waals surface area contributed by atoms with Crippen molar-refractivity contribution in [3.05, 3.63) is 35.9 Å². The van der Waals surface area contributed by atoms with E-state index in [2.05, 4.69) is 11.0 Å². The van der Waals surface area contributed by atoms with Gasteiger partial charge in [0.25, 0.3) is 11.8 Å². The van der Waals surface area contributed by atoms with Crippen LogP contribution in [0.3, 0.4) is 0 Å². The third kappa shape index (κ3) is 11.0. The predicted octanol–water partition coefficient (Wildman–Crippen LogP) is 3.15. The molecule has 6 saturated heterocycles. The zero-order chi connectivity index (χ0) is 42.6. The molecule has 6 atom stereocenters. The van der Waals surface area contributed by atoms with Gasteiger partial charge in [-0.05, 0) is 85.6 Å². The Balaban J connectivity index is 0.000000204. The molecule has 1 aromatic rings. The Bertz CT molecular complexity index is 1710. The maximum absolute atomic E-state index is 12.9. The van der Waals surface area contributed by atoms with E-state index in [0.29, 0.717) is 89.5 Å². The highest BCUT2D eigenvalue weighted by atomic mass is 16.7. The van der Waals surface area contributed by atoms with E-state index in [1.165, 1.54) is 9.96 Å². The largest absolute Gasteiger partial charge is 0.444 e. The van der Waals surface area contributed by atoms with Gasteiger partial charge in [-0.2, -0.15) is 5.06 Å². The second-order valence-corrected chi connectivity index (χ2v) is 17.6. The van der Waals surface area contributed by atoms with E-state index in [9.17, 15) is 34.0 Å². The maximum atomic E-state index is 12.9. The molecule has 0 aliphatic carbocycles. The molecule has 1 aromatic carbocycles. The second-order valence-electron chi connectivity index (χ2n) is 17.6. The first kappa shape index (κ1) is 43.7. The standard InChI is InChI=1S/C23H32N4O6.C16H26N4O6/c1-23(2,3)32-22(30)25-12-11-18(14-25)33-24-20(28)19-10-9-17-13-26(19)21(29)27(17)31-15-16-7-5-4-6-8-16;1-16(2,3)25-15(23)18-7-6-11(9-18)26-17-13(21)12-5-4-10-8-19(12)14(22)20(10)24/h4-8,17-19H,9-15H2,1-3H3,(H,24,28);10-12,24H,4-9H2,1-3H3,(H,17,21)/t17-,18+,19+;10-,11+,12+/m11/s1. The van der Waals surface area contributed by atoms with E-state index in [-0.39, 0.29) is 36.2 Å². The molecule has 6 fully saturated rings. The molecule has 20 nitrogen and oxygen atoms in total. The molecule has 6 aliphatic rings. The van der Waals surface area contributed by atoms with Crippen molar-refractivity contribution in [3.63, 3.8) is 0 Å². The van der Waals surface area contributed by atoms with Gasteiger partial charge in [0, 0.05) is 26.2 Å². The van der Waals surface area contributed by atoms with Crippen molar-refractivity contribution in [2.75, 3.05) is 39.3 Å². The Kier molecular flexibility index (Phi) is 13.4. The van der Waals surface area contributed by atoms with Gasteiger partial charge < -0.3 is 29.1 Å². The van der Waals surface area contributed by atoms with Crippen molar-refractivity contribution in [2.24, 2.45) is 0 Å². The number of carbonyl (C=O) groups is 6. The van der Waals surface area contributed by atoms with Crippen molar-refractivity contribution < 1.29 is 58.0 Å². The smallest absolute Gasteiger partial charge is 0.410 e. The highest BCUT2D eigenvalue weighted by molar-refractivity contribution is 5.88. The van der Waals surface area contributed by atoms with Crippen LogP contribution in [0.15, 0.2) is 30.3 Å². The predicted molar refractivity (Wildman–Crippen MR) is 205 cm³/mol. The molecule has 0 spiro atoms. The van der Waals surface area contributed by atoms with Gasteiger partial charge in [0.1, 0.15) is 42.1 Å². The maximum Gasteiger partial charge on any atom is 0.410 e. The third-order valence-electron chi connectivity index (χ3n) is 10.7. The minimum Gasteiger partial charge on any atom is -0.444 e. The summed E-state index contributed by atoms with van der Waals surface area (Å²) in [5.74, 6) is -0.773. The molecule has 4 bridgehead atoms. The van der Waals surface area contributed by atoms with Gasteiger partial charge in [0.05, 0.1) is 25.2 Å². The molecular weight excluding hydrogens is 772 g/mol. The average molecular weight is 831 g/mol. The number of hydroxylamine groups is 6. The Morgan fingerprint density at radius 3 is 1.64 bits per heavy atom. The number of urea groups is 2. The normalized spacial score (nSPS) is 26.5. The van der Waals surface area contributed by atoms with E-state index in [1.807, 2.05) is 51.1 Å². The Morgan fingerprint density at radius 1 is 0.661 bits per heavy atom. The monoisotopic (exact) mass is 830 g/mol. The fourth-order valence-corrected chi connectivity index (χ4v) is 7.76. The summed E-state index contributed by atoms with van der Waals surface area (Å²) in [6, 6.07) is 7.22. The lowest BCUT2D eigenvalue weighted by Crippen LogP contribution is -2.50. The van der Waals surface area contributed by atoms with E-state index in [0.717, 1.165) is 5.56 Å². The summed E-state index contributed by atoms with van der Waals surface area (Å²) in [7, 11) is 0. The molecule has 326 valence electrons. The first-order valence-corrected chi connectivity index (χ1v) is 20.3. The lowest BCUT2D eigenvalue weighted by molar-refractivity contribution is -0.144. The van der Waals surface area contributed by atoms with Gasteiger partial charge >= 0.3 is 24.2 Å². The van der Waals surface area contributed by atoms with Crippen LogP contribution in [0, 0.1) is 0 Å². The topological polar surface area (TPSA) is 212 Å². The Labute approximate surface area is 343 Å². The Morgan fingerprint density at radius 2 is 1.14 bits per heavy atom. The molecule has 0 unspecified atom stereocenters. The lowest BCUT2D eigenvalue weighted by Gasteiger charge is -2.29. The SMILES string of the molecule is CC(C)(C)OC(=O)N1CC[C@H](ONC(=O)[C@@H]2CC[C@@H]3CN2C(=O)N3O)C1.CC(C)(C)OC(=O)N1CC[C@H](ONC(=O)[C@@H]2CC[C@@H]3CN2C(=O)N3OCc2ccccc2)C1. The van der Waals surface area contributed by atoms with Crippen LogP contribution in [0.2, 0.25) is 0 Å². The third-order valence-corrected chi connectivity index (χ3v) is 10.7. The summed E-state index contributed by atoms with van der Waals surface area (Å²) in [6.45, 7) is 13.6. The zero-order valence-electron chi connectivity index (χ0n) is 34.7. The lowest BCUT2D eigenvalue weighted by atomic mass is 10.0. The highest BCUT2D eigenvalue weighted by Crippen LogP contribution is 2.31. The first-order valence-electron chi connectivity index (χ1n) is 20.3. The van der Waals surface area contributed by atoms with Gasteiger partial charge in [0.2, 0.25) is 0 Å². The molecule has 7 rings (SSSR count). The molecular formula is C39H58N8O12. The fraction of sp³-hybridized carbons (Fsp3) is 0.692. The number of rotatable bonds is 9.